The number of hydrogen-bond donors (Lipinski definition) is 0. The number of hydrogen-bond acceptors (Lipinski definition) is 4. The molecule has 0 bridgehead atoms. The Hall–Kier alpha value is -2.40. The lowest BCUT2D eigenvalue weighted by atomic mass is 9.99. The minimum Gasteiger partial charge on any atom is -0.384 e. The summed E-state index contributed by atoms with van der Waals surface area (Å²) in [7, 11) is 3.54. The minimum absolute atomic E-state index is 0.0275. The molecule has 132 valence electrons. The molecule has 5 nitrogen and oxygen atoms in total. The van der Waals surface area contributed by atoms with Gasteiger partial charge in [-0.1, -0.05) is 18.2 Å². The van der Waals surface area contributed by atoms with E-state index < -0.39 is 0 Å². The molecule has 1 aliphatic rings. The van der Waals surface area contributed by atoms with Crippen LogP contribution in [0, 0.1) is 5.92 Å². The van der Waals surface area contributed by atoms with Crippen LogP contribution in [0.3, 0.4) is 0 Å². The Labute approximate surface area is 149 Å². The molecule has 1 fully saturated rings. The monoisotopic (exact) mass is 339 g/mol. The third-order valence-corrected chi connectivity index (χ3v) is 4.69. The highest BCUT2D eigenvalue weighted by Crippen LogP contribution is 2.23. The molecule has 0 radical (unpaired) electrons. The van der Waals surface area contributed by atoms with Crippen LogP contribution in [0.25, 0.3) is 0 Å². The number of nitrogens with zero attached hydrogens (tertiary/aromatic N) is 3. The summed E-state index contributed by atoms with van der Waals surface area (Å²) in [6, 6.07) is 13.3. The third kappa shape index (κ3) is 4.17. The highest BCUT2D eigenvalue weighted by molar-refractivity contribution is 6.06. The normalized spacial score (nSPS) is 17.4. The van der Waals surface area contributed by atoms with Crippen molar-refractivity contribution in [2.24, 2.45) is 5.92 Å². The second-order valence-corrected chi connectivity index (χ2v) is 6.51. The highest BCUT2D eigenvalue weighted by Gasteiger charge is 2.22. The predicted molar refractivity (Wildman–Crippen MR) is 100 cm³/mol. The van der Waals surface area contributed by atoms with Gasteiger partial charge in [0.05, 0.1) is 6.61 Å². The fraction of sp³-hybridized carbons (Fsp3) is 0.400. The molecule has 1 aromatic carbocycles. The van der Waals surface area contributed by atoms with Crippen molar-refractivity contribution in [1.29, 1.82) is 0 Å². The zero-order chi connectivity index (χ0) is 17.6. The maximum atomic E-state index is 12.8. The highest BCUT2D eigenvalue weighted by atomic mass is 16.5. The smallest absolute Gasteiger partial charge is 0.258 e. The lowest BCUT2D eigenvalue weighted by molar-refractivity contribution is 0.0993. The van der Waals surface area contributed by atoms with Gasteiger partial charge in [-0.3, -0.25) is 4.79 Å². The van der Waals surface area contributed by atoms with E-state index >= 15 is 0 Å². The maximum Gasteiger partial charge on any atom is 0.258 e. The molecular formula is C20H25N3O2. The second-order valence-electron chi connectivity index (χ2n) is 6.51. The van der Waals surface area contributed by atoms with E-state index in [-0.39, 0.29) is 5.91 Å². The van der Waals surface area contributed by atoms with E-state index in [0.29, 0.717) is 11.5 Å². The molecule has 0 unspecified atom stereocenters. The lowest BCUT2D eigenvalue weighted by Gasteiger charge is -2.33. The van der Waals surface area contributed by atoms with Gasteiger partial charge in [-0.05, 0) is 43.0 Å². The van der Waals surface area contributed by atoms with Gasteiger partial charge in [0.1, 0.15) is 5.82 Å². The quantitative estimate of drug-likeness (QED) is 0.839. The molecule has 1 saturated heterocycles. The number of pyridine rings is 1. The minimum atomic E-state index is -0.0275. The molecule has 2 aromatic rings. The number of methoxy groups -OCH3 is 1. The molecule has 0 aliphatic carbocycles. The number of ether oxygens (including phenoxy) is 1. The van der Waals surface area contributed by atoms with Gasteiger partial charge in [0, 0.05) is 44.7 Å². The fourth-order valence-electron chi connectivity index (χ4n) is 3.33. The number of rotatable bonds is 5. The van der Waals surface area contributed by atoms with Gasteiger partial charge in [-0.2, -0.15) is 0 Å². The summed E-state index contributed by atoms with van der Waals surface area (Å²) in [6.07, 6.45) is 4.03. The molecule has 25 heavy (non-hydrogen) atoms. The Kier molecular flexibility index (Phi) is 5.66. The molecule has 0 N–H and O–H groups in total. The predicted octanol–water partition coefficient (Wildman–Crippen LogP) is 3.22. The summed E-state index contributed by atoms with van der Waals surface area (Å²) in [5.74, 6) is 1.36. The van der Waals surface area contributed by atoms with Crippen molar-refractivity contribution < 1.29 is 9.53 Å². The molecule has 3 rings (SSSR count). The number of carbonyl (C=O) groups is 1. The number of amides is 1. The Balaban J connectivity index is 1.76. The molecule has 2 heterocycles. The van der Waals surface area contributed by atoms with Gasteiger partial charge in [0.15, 0.2) is 0 Å². The van der Waals surface area contributed by atoms with E-state index in [2.05, 4.69) is 9.88 Å². The van der Waals surface area contributed by atoms with E-state index in [1.165, 1.54) is 6.42 Å². The number of piperidine rings is 1. The first-order valence-electron chi connectivity index (χ1n) is 8.72. The van der Waals surface area contributed by atoms with Crippen LogP contribution in [0.2, 0.25) is 0 Å². The summed E-state index contributed by atoms with van der Waals surface area (Å²) in [6.45, 7) is 2.66. The van der Waals surface area contributed by atoms with Crippen molar-refractivity contribution in [2.45, 2.75) is 12.8 Å². The Morgan fingerprint density at radius 3 is 2.88 bits per heavy atom. The summed E-state index contributed by atoms with van der Waals surface area (Å²) >= 11 is 0. The van der Waals surface area contributed by atoms with Crippen molar-refractivity contribution in [1.82, 2.24) is 4.98 Å². The lowest BCUT2D eigenvalue weighted by Crippen LogP contribution is -2.37. The molecule has 1 atom stereocenters. The van der Waals surface area contributed by atoms with Crippen LogP contribution in [0.5, 0.6) is 0 Å². The van der Waals surface area contributed by atoms with Gasteiger partial charge in [-0.15, -0.1) is 0 Å². The molecule has 5 heteroatoms. The average molecular weight is 339 g/mol. The Bertz CT molecular complexity index is 703. The number of anilines is 2. The van der Waals surface area contributed by atoms with Crippen molar-refractivity contribution >= 4 is 17.4 Å². The van der Waals surface area contributed by atoms with E-state index in [1.54, 1.807) is 31.3 Å². The van der Waals surface area contributed by atoms with E-state index in [1.807, 2.05) is 36.4 Å². The first kappa shape index (κ1) is 17.4. The summed E-state index contributed by atoms with van der Waals surface area (Å²) < 4.78 is 5.30. The number of aromatic nitrogens is 1. The van der Waals surface area contributed by atoms with Crippen LogP contribution in [0.4, 0.5) is 11.5 Å². The first-order valence-corrected chi connectivity index (χ1v) is 8.72. The molecule has 0 saturated carbocycles. The number of carbonyl (C=O) groups excluding carboxylic acids is 1. The van der Waals surface area contributed by atoms with Crippen molar-refractivity contribution in [3.63, 3.8) is 0 Å². The second kappa shape index (κ2) is 8.12. The van der Waals surface area contributed by atoms with Crippen LogP contribution >= 0.6 is 0 Å². The van der Waals surface area contributed by atoms with Crippen molar-refractivity contribution in [3.8, 4) is 0 Å². The van der Waals surface area contributed by atoms with Crippen molar-refractivity contribution in [2.75, 3.05) is 43.7 Å². The van der Waals surface area contributed by atoms with Crippen molar-refractivity contribution in [3.05, 3.63) is 54.2 Å². The largest absolute Gasteiger partial charge is 0.384 e. The van der Waals surface area contributed by atoms with E-state index in [4.69, 9.17) is 4.74 Å². The zero-order valence-electron chi connectivity index (χ0n) is 14.9. The number of benzene rings is 1. The molecule has 1 aliphatic heterocycles. The van der Waals surface area contributed by atoms with Gasteiger partial charge < -0.3 is 14.5 Å². The van der Waals surface area contributed by atoms with E-state index in [0.717, 1.165) is 37.6 Å². The molecule has 0 spiro atoms. The van der Waals surface area contributed by atoms with Crippen LogP contribution in [0.1, 0.15) is 23.2 Å². The standard InChI is InChI=1S/C20H25N3O2/c1-22(18-8-4-3-5-9-18)20(24)17-10-11-21-19(13-17)23-12-6-7-16(14-23)15-25-2/h3-5,8-11,13,16H,6-7,12,14-15H2,1-2H3/t16-/m1/s1. The topological polar surface area (TPSA) is 45.7 Å². The average Bonchev–Trinajstić information content (AvgIpc) is 2.68. The first-order chi connectivity index (χ1) is 12.2. The van der Waals surface area contributed by atoms with Crippen LogP contribution in [0.15, 0.2) is 48.7 Å². The fourth-order valence-corrected chi connectivity index (χ4v) is 3.33. The molecular weight excluding hydrogens is 314 g/mol. The summed E-state index contributed by atoms with van der Waals surface area (Å²) in [4.78, 5) is 21.2. The van der Waals surface area contributed by atoms with Gasteiger partial charge in [0.2, 0.25) is 0 Å². The summed E-state index contributed by atoms with van der Waals surface area (Å²) in [5.41, 5.74) is 1.54. The zero-order valence-corrected chi connectivity index (χ0v) is 14.9. The van der Waals surface area contributed by atoms with Crippen LogP contribution in [-0.4, -0.2) is 44.7 Å². The number of para-hydroxylation sites is 1. The van der Waals surface area contributed by atoms with Gasteiger partial charge in [0.25, 0.3) is 5.91 Å². The third-order valence-electron chi connectivity index (χ3n) is 4.69. The van der Waals surface area contributed by atoms with Crippen LogP contribution in [-0.2, 0) is 4.74 Å². The molecule has 1 amide bonds. The van der Waals surface area contributed by atoms with Gasteiger partial charge >= 0.3 is 0 Å². The van der Waals surface area contributed by atoms with E-state index in [9.17, 15) is 4.79 Å². The van der Waals surface area contributed by atoms with Crippen LogP contribution < -0.4 is 9.80 Å². The summed E-state index contributed by atoms with van der Waals surface area (Å²) in [5, 5.41) is 0. The Morgan fingerprint density at radius 1 is 1.32 bits per heavy atom. The van der Waals surface area contributed by atoms with Gasteiger partial charge in [-0.25, -0.2) is 4.98 Å². The maximum absolute atomic E-state index is 12.8. The Morgan fingerprint density at radius 2 is 2.12 bits per heavy atom. The SMILES string of the molecule is COC[C@@H]1CCCN(c2cc(C(=O)N(C)c3ccccc3)ccn2)C1. The molecule has 1 aromatic heterocycles.